The molecule has 3 heteroatoms. The van der Waals surface area contributed by atoms with Crippen molar-refractivity contribution in [2.75, 3.05) is 5.73 Å². The lowest BCUT2D eigenvalue weighted by Crippen LogP contribution is -2.24. The van der Waals surface area contributed by atoms with Crippen molar-refractivity contribution in [3.8, 4) is 6.07 Å². The highest BCUT2D eigenvalue weighted by Gasteiger charge is 2.29. The third-order valence-corrected chi connectivity index (χ3v) is 2.91. The van der Waals surface area contributed by atoms with E-state index in [0.717, 1.165) is 11.3 Å². The van der Waals surface area contributed by atoms with Crippen LogP contribution in [0.2, 0.25) is 0 Å². The molecule has 1 unspecified atom stereocenters. The summed E-state index contributed by atoms with van der Waals surface area (Å²) in [7, 11) is 0. The molecule has 2 rings (SSSR count). The predicted molar refractivity (Wildman–Crippen MR) is 66.2 cm³/mol. The number of para-hydroxylation sites is 1. The van der Waals surface area contributed by atoms with Gasteiger partial charge in [0.25, 0.3) is 0 Å². The molecule has 3 nitrogen and oxygen atoms in total. The minimum atomic E-state index is -0.663. The molecular weight excluding hydrogens is 212 g/mol. The minimum absolute atomic E-state index is 0.519. The van der Waals surface area contributed by atoms with E-state index in [2.05, 4.69) is 6.07 Å². The van der Waals surface area contributed by atoms with Crippen LogP contribution < -0.4 is 5.73 Å². The summed E-state index contributed by atoms with van der Waals surface area (Å²) in [6, 6.07) is 13.5. The molecule has 0 spiro atoms. The van der Waals surface area contributed by atoms with Crippen LogP contribution in [0.25, 0.3) is 0 Å². The quantitative estimate of drug-likeness (QED) is 0.818. The minimum Gasteiger partial charge on any atom is -0.469 e. The van der Waals surface area contributed by atoms with Crippen LogP contribution in [0.1, 0.15) is 18.2 Å². The van der Waals surface area contributed by atoms with Gasteiger partial charge in [0.15, 0.2) is 0 Å². The molecule has 0 aliphatic heterocycles. The van der Waals surface area contributed by atoms with E-state index >= 15 is 0 Å². The molecule has 0 saturated heterocycles. The fourth-order valence-electron chi connectivity index (χ4n) is 1.96. The Kier molecular flexibility index (Phi) is 2.88. The molecule has 1 aromatic carbocycles. The van der Waals surface area contributed by atoms with Gasteiger partial charge >= 0.3 is 0 Å². The monoisotopic (exact) mass is 226 g/mol. The smallest absolute Gasteiger partial charge is 0.105 e. The van der Waals surface area contributed by atoms with E-state index in [1.165, 1.54) is 0 Å². The third-order valence-electron chi connectivity index (χ3n) is 2.91. The molecule has 1 aromatic heterocycles. The van der Waals surface area contributed by atoms with Crippen LogP contribution in [0.3, 0.4) is 0 Å². The Morgan fingerprint density at radius 2 is 2.06 bits per heavy atom. The van der Waals surface area contributed by atoms with Gasteiger partial charge in [0, 0.05) is 12.1 Å². The number of nitriles is 1. The van der Waals surface area contributed by atoms with Crippen molar-refractivity contribution in [2.24, 2.45) is 0 Å². The lowest BCUT2D eigenvalue weighted by atomic mass is 9.79. The number of anilines is 1. The molecule has 86 valence electrons. The zero-order chi connectivity index (χ0) is 12.3. The maximum absolute atomic E-state index is 9.41. The number of benzene rings is 1. The van der Waals surface area contributed by atoms with E-state index in [0.29, 0.717) is 12.1 Å². The largest absolute Gasteiger partial charge is 0.469 e. The average molecular weight is 226 g/mol. The average Bonchev–Trinajstić information content (AvgIpc) is 2.82. The zero-order valence-corrected chi connectivity index (χ0v) is 9.68. The molecule has 1 atom stereocenters. The number of nitrogens with two attached hydrogens (primary N) is 1. The first-order valence-corrected chi connectivity index (χ1v) is 5.44. The van der Waals surface area contributed by atoms with Crippen LogP contribution in [-0.4, -0.2) is 0 Å². The van der Waals surface area contributed by atoms with Crippen molar-refractivity contribution >= 4 is 5.69 Å². The van der Waals surface area contributed by atoms with Crippen molar-refractivity contribution in [3.05, 3.63) is 54.0 Å². The summed E-state index contributed by atoms with van der Waals surface area (Å²) in [5.41, 5.74) is 6.75. The van der Waals surface area contributed by atoms with Gasteiger partial charge in [0.2, 0.25) is 0 Å². The van der Waals surface area contributed by atoms with Crippen molar-refractivity contribution < 1.29 is 4.42 Å². The maximum Gasteiger partial charge on any atom is 0.105 e. The Morgan fingerprint density at radius 3 is 2.65 bits per heavy atom. The number of hydrogen-bond donors (Lipinski definition) is 1. The molecule has 0 amide bonds. The van der Waals surface area contributed by atoms with Crippen molar-refractivity contribution in [3.63, 3.8) is 0 Å². The van der Waals surface area contributed by atoms with E-state index in [1.54, 1.807) is 6.26 Å². The summed E-state index contributed by atoms with van der Waals surface area (Å²) < 4.78 is 5.30. The standard InChI is InChI=1S/C14H14N2O/c1-14(10-15,9-11-5-4-8-17-11)12-6-2-3-7-13(12)16/h2-8H,9,16H2,1H3. The molecule has 2 aromatic rings. The highest BCUT2D eigenvalue weighted by atomic mass is 16.3. The molecule has 17 heavy (non-hydrogen) atoms. The van der Waals surface area contributed by atoms with Crippen molar-refractivity contribution in [2.45, 2.75) is 18.8 Å². The van der Waals surface area contributed by atoms with E-state index in [9.17, 15) is 5.26 Å². The first kappa shape index (κ1) is 11.3. The summed E-state index contributed by atoms with van der Waals surface area (Å²) in [5, 5.41) is 9.41. The van der Waals surface area contributed by atoms with Crippen LogP contribution in [0.5, 0.6) is 0 Å². The third kappa shape index (κ3) is 2.16. The molecule has 0 saturated carbocycles. The first-order chi connectivity index (χ1) is 8.15. The van der Waals surface area contributed by atoms with Gasteiger partial charge in [-0.05, 0) is 30.7 Å². The maximum atomic E-state index is 9.41. The molecule has 0 aliphatic rings. The normalized spacial score (nSPS) is 13.9. The molecule has 0 radical (unpaired) electrons. The fourth-order valence-corrected chi connectivity index (χ4v) is 1.96. The second-order valence-electron chi connectivity index (χ2n) is 4.29. The number of furan rings is 1. The lowest BCUT2D eigenvalue weighted by Gasteiger charge is -2.22. The number of nitrogens with zero attached hydrogens (tertiary/aromatic N) is 1. The van der Waals surface area contributed by atoms with E-state index in [1.807, 2.05) is 43.3 Å². The molecule has 0 fully saturated rings. The lowest BCUT2D eigenvalue weighted by molar-refractivity contribution is 0.463. The van der Waals surface area contributed by atoms with Crippen LogP contribution in [0.4, 0.5) is 5.69 Å². The Labute approximate surface area is 100 Å². The Morgan fingerprint density at radius 1 is 1.29 bits per heavy atom. The van der Waals surface area contributed by atoms with E-state index in [-0.39, 0.29) is 0 Å². The number of rotatable bonds is 3. The van der Waals surface area contributed by atoms with Gasteiger partial charge in [0.05, 0.1) is 17.7 Å². The second-order valence-corrected chi connectivity index (χ2v) is 4.29. The fraction of sp³-hybridized carbons (Fsp3) is 0.214. The summed E-state index contributed by atoms with van der Waals surface area (Å²) >= 11 is 0. The summed E-state index contributed by atoms with van der Waals surface area (Å²) in [6.45, 7) is 1.88. The molecule has 1 heterocycles. The summed E-state index contributed by atoms with van der Waals surface area (Å²) in [4.78, 5) is 0. The van der Waals surface area contributed by atoms with Gasteiger partial charge in [-0.25, -0.2) is 0 Å². The zero-order valence-electron chi connectivity index (χ0n) is 9.68. The van der Waals surface area contributed by atoms with Crippen LogP contribution in [0.15, 0.2) is 47.1 Å². The number of nitrogen functional groups attached to an aromatic ring is 1. The Hall–Kier alpha value is -2.21. The highest BCUT2D eigenvalue weighted by Crippen LogP contribution is 2.31. The second kappa shape index (κ2) is 4.34. The first-order valence-electron chi connectivity index (χ1n) is 5.44. The van der Waals surface area contributed by atoms with Crippen LogP contribution in [0, 0.1) is 11.3 Å². The van der Waals surface area contributed by atoms with Crippen molar-refractivity contribution in [1.29, 1.82) is 5.26 Å². The molecule has 0 bridgehead atoms. The predicted octanol–water partition coefficient (Wildman–Crippen LogP) is 2.89. The van der Waals surface area contributed by atoms with E-state index < -0.39 is 5.41 Å². The van der Waals surface area contributed by atoms with E-state index in [4.69, 9.17) is 10.2 Å². The molecular formula is C14H14N2O. The van der Waals surface area contributed by atoms with Gasteiger partial charge in [-0.3, -0.25) is 0 Å². The topological polar surface area (TPSA) is 63.0 Å². The molecule has 2 N–H and O–H groups in total. The van der Waals surface area contributed by atoms with Crippen LogP contribution >= 0.6 is 0 Å². The molecule has 0 aliphatic carbocycles. The SMILES string of the molecule is CC(C#N)(Cc1ccco1)c1ccccc1N. The highest BCUT2D eigenvalue weighted by molar-refractivity contribution is 5.53. The van der Waals surface area contributed by atoms with Gasteiger partial charge in [-0.15, -0.1) is 0 Å². The summed E-state index contributed by atoms with van der Waals surface area (Å²) in [5.74, 6) is 0.789. The van der Waals surface area contributed by atoms with Gasteiger partial charge in [-0.2, -0.15) is 5.26 Å². The Balaban J connectivity index is 2.39. The van der Waals surface area contributed by atoms with Gasteiger partial charge in [-0.1, -0.05) is 18.2 Å². The van der Waals surface area contributed by atoms with Gasteiger partial charge in [0.1, 0.15) is 5.76 Å². The van der Waals surface area contributed by atoms with Gasteiger partial charge < -0.3 is 10.2 Å². The van der Waals surface area contributed by atoms with Crippen LogP contribution in [-0.2, 0) is 11.8 Å². The van der Waals surface area contributed by atoms with Crippen molar-refractivity contribution in [1.82, 2.24) is 0 Å². The summed E-state index contributed by atoms with van der Waals surface area (Å²) in [6.07, 6.45) is 2.13. The number of hydrogen-bond acceptors (Lipinski definition) is 3. The Bertz CT molecular complexity index is 540.